The number of rotatable bonds is 8. The normalized spacial score (nSPS) is 11.1. The van der Waals surface area contributed by atoms with E-state index in [1.165, 1.54) is 0 Å². The van der Waals surface area contributed by atoms with E-state index in [2.05, 4.69) is 4.72 Å². The number of halogens is 1. The van der Waals surface area contributed by atoms with Crippen molar-refractivity contribution in [3.63, 3.8) is 0 Å². The van der Waals surface area contributed by atoms with E-state index in [4.69, 9.17) is 21.1 Å². The number of hydrogen-bond donors (Lipinski definition) is 1. The van der Waals surface area contributed by atoms with Crippen LogP contribution < -0.4 is 14.2 Å². The van der Waals surface area contributed by atoms with Crippen LogP contribution in [0.15, 0.2) is 102 Å². The molecule has 6 nitrogen and oxygen atoms in total. The summed E-state index contributed by atoms with van der Waals surface area (Å²) in [7, 11) is -2.09. The molecule has 4 aromatic rings. The Labute approximate surface area is 209 Å². The van der Waals surface area contributed by atoms with E-state index in [1.54, 1.807) is 104 Å². The molecule has 0 unspecified atom stereocenters. The Morgan fingerprint density at radius 3 is 1.89 bits per heavy atom. The Morgan fingerprint density at radius 2 is 1.31 bits per heavy atom. The number of nitrogens with one attached hydrogen (secondary N) is 1. The van der Waals surface area contributed by atoms with Gasteiger partial charge in [-0.2, -0.15) is 0 Å². The molecule has 4 rings (SSSR count). The predicted octanol–water partition coefficient (Wildman–Crippen LogP) is 5.71. The second-order valence-corrected chi connectivity index (χ2v) is 9.82. The summed E-state index contributed by atoms with van der Waals surface area (Å²) in [6, 6.07) is 27.2. The van der Waals surface area contributed by atoms with E-state index in [9.17, 15) is 13.2 Å². The molecule has 0 saturated carbocycles. The van der Waals surface area contributed by atoms with Crippen LogP contribution in [0.2, 0.25) is 5.02 Å². The third-order valence-electron chi connectivity index (χ3n) is 5.27. The second kappa shape index (κ2) is 10.7. The molecular formula is C27H22ClNO5S. The van der Waals surface area contributed by atoms with E-state index in [0.717, 1.165) is 16.7 Å². The van der Waals surface area contributed by atoms with Crippen molar-refractivity contribution in [1.82, 2.24) is 4.72 Å². The summed E-state index contributed by atoms with van der Waals surface area (Å²) in [6.07, 6.45) is 0. The summed E-state index contributed by atoms with van der Waals surface area (Å²) in [5.41, 5.74) is 2.90. The van der Waals surface area contributed by atoms with Crippen molar-refractivity contribution in [2.45, 2.75) is 11.4 Å². The van der Waals surface area contributed by atoms with Crippen LogP contribution in [-0.4, -0.2) is 21.5 Å². The van der Waals surface area contributed by atoms with Gasteiger partial charge < -0.3 is 9.47 Å². The minimum absolute atomic E-state index is 0.170. The monoisotopic (exact) mass is 507 g/mol. The standard InChI is InChI=1S/C27H22ClNO5S/c1-33-24-12-2-19(3-13-24)18-29-35(31,32)26-16-8-21(9-17-26)20-6-14-25(15-7-20)34-27(30)22-4-10-23(28)11-5-22/h2-17,29H,18H2,1H3. The van der Waals surface area contributed by atoms with Gasteiger partial charge in [-0.1, -0.05) is 48.0 Å². The lowest BCUT2D eigenvalue weighted by molar-refractivity contribution is 0.0735. The van der Waals surface area contributed by atoms with Crippen molar-refractivity contribution in [2.24, 2.45) is 0 Å². The smallest absolute Gasteiger partial charge is 0.343 e. The van der Waals surface area contributed by atoms with Crippen LogP contribution in [0, 0.1) is 0 Å². The molecule has 0 fully saturated rings. The average Bonchev–Trinajstić information content (AvgIpc) is 2.89. The number of methoxy groups -OCH3 is 1. The highest BCUT2D eigenvalue weighted by atomic mass is 35.5. The Balaban J connectivity index is 1.39. The third kappa shape index (κ3) is 6.27. The number of sulfonamides is 1. The second-order valence-electron chi connectivity index (χ2n) is 7.62. The maximum Gasteiger partial charge on any atom is 0.343 e. The SMILES string of the molecule is COc1ccc(CNS(=O)(=O)c2ccc(-c3ccc(OC(=O)c4ccc(Cl)cc4)cc3)cc2)cc1. The van der Waals surface area contributed by atoms with Gasteiger partial charge in [-0.05, 0) is 77.4 Å². The van der Waals surface area contributed by atoms with E-state index in [-0.39, 0.29) is 11.4 Å². The molecule has 0 atom stereocenters. The van der Waals surface area contributed by atoms with Crippen molar-refractivity contribution >= 4 is 27.6 Å². The fraction of sp³-hybridized carbons (Fsp3) is 0.0741. The number of carbonyl (C=O) groups is 1. The van der Waals surface area contributed by atoms with Crippen LogP contribution in [0.4, 0.5) is 0 Å². The van der Waals surface area contributed by atoms with E-state index in [0.29, 0.717) is 22.1 Å². The first kappa shape index (κ1) is 24.5. The zero-order chi connectivity index (χ0) is 24.8. The van der Waals surface area contributed by atoms with E-state index >= 15 is 0 Å². The summed E-state index contributed by atoms with van der Waals surface area (Å²) in [4.78, 5) is 12.4. The molecule has 35 heavy (non-hydrogen) atoms. The minimum Gasteiger partial charge on any atom is -0.497 e. The first-order chi connectivity index (χ1) is 16.8. The third-order valence-corrected chi connectivity index (χ3v) is 6.94. The van der Waals surface area contributed by atoms with Gasteiger partial charge in [-0.15, -0.1) is 0 Å². The largest absolute Gasteiger partial charge is 0.497 e. The van der Waals surface area contributed by atoms with Gasteiger partial charge in [0.15, 0.2) is 0 Å². The zero-order valence-corrected chi connectivity index (χ0v) is 20.3. The van der Waals surface area contributed by atoms with Crippen LogP contribution in [0.25, 0.3) is 11.1 Å². The molecule has 0 bridgehead atoms. The molecule has 0 saturated heterocycles. The fourth-order valence-electron chi connectivity index (χ4n) is 3.30. The molecule has 0 aliphatic rings. The summed E-state index contributed by atoms with van der Waals surface area (Å²) < 4.78 is 38.4. The Hall–Kier alpha value is -3.65. The van der Waals surface area contributed by atoms with Crippen LogP contribution in [0.3, 0.4) is 0 Å². The average molecular weight is 508 g/mol. The van der Waals surface area contributed by atoms with Gasteiger partial charge in [0.2, 0.25) is 10.0 Å². The fourth-order valence-corrected chi connectivity index (χ4v) is 4.44. The zero-order valence-electron chi connectivity index (χ0n) is 18.8. The van der Waals surface area contributed by atoms with Gasteiger partial charge in [0.1, 0.15) is 11.5 Å². The molecule has 0 radical (unpaired) electrons. The number of benzene rings is 4. The summed E-state index contributed by atoms with van der Waals surface area (Å²) in [5.74, 6) is 0.627. The number of ether oxygens (including phenoxy) is 2. The topological polar surface area (TPSA) is 81.7 Å². The van der Waals surface area contributed by atoms with Crippen molar-refractivity contribution < 1.29 is 22.7 Å². The van der Waals surface area contributed by atoms with Gasteiger partial charge in [0.05, 0.1) is 17.6 Å². The minimum atomic E-state index is -3.67. The predicted molar refractivity (Wildman–Crippen MR) is 135 cm³/mol. The van der Waals surface area contributed by atoms with Crippen LogP contribution in [-0.2, 0) is 16.6 Å². The summed E-state index contributed by atoms with van der Waals surface area (Å²) in [6.45, 7) is 0.171. The van der Waals surface area contributed by atoms with Crippen LogP contribution >= 0.6 is 11.6 Å². The Kier molecular flexibility index (Phi) is 7.51. The molecule has 4 aromatic carbocycles. The Bertz CT molecular complexity index is 1400. The quantitative estimate of drug-likeness (QED) is 0.244. The molecule has 0 aromatic heterocycles. The lowest BCUT2D eigenvalue weighted by Crippen LogP contribution is -2.23. The lowest BCUT2D eigenvalue weighted by Gasteiger charge is -2.09. The van der Waals surface area contributed by atoms with Crippen molar-refractivity contribution in [1.29, 1.82) is 0 Å². The van der Waals surface area contributed by atoms with Crippen molar-refractivity contribution in [3.05, 3.63) is 113 Å². The first-order valence-corrected chi connectivity index (χ1v) is 12.5. The van der Waals surface area contributed by atoms with Gasteiger partial charge in [-0.3, -0.25) is 0 Å². The summed E-state index contributed by atoms with van der Waals surface area (Å²) in [5, 5.41) is 0.540. The molecule has 0 heterocycles. The molecular weight excluding hydrogens is 486 g/mol. The molecule has 0 spiro atoms. The van der Waals surface area contributed by atoms with Gasteiger partial charge in [0.25, 0.3) is 0 Å². The highest BCUT2D eigenvalue weighted by molar-refractivity contribution is 7.89. The number of hydrogen-bond acceptors (Lipinski definition) is 5. The maximum absolute atomic E-state index is 12.7. The number of carbonyl (C=O) groups excluding carboxylic acids is 1. The molecule has 178 valence electrons. The first-order valence-electron chi connectivity index (χ1n) is 10.6. The molecule has 0 aliphatic heterocycles. The van der Waals surface area contributed by atoms with Gasteiger partial charge in [0, 0.05) is 11.6 Å². The summed E-state index contributed by atoms with van der Waals surface area (Å²) >= 11 is 5.84. The highest BCUT2D eigenvalue weighted by Gasteiger charge is 2.14. The van der Waals surface area contributed by atoms with E-state index < -0.39 is 16.0 Å². The van der Waals surface area contributed by atoms with Crippen molar-refractivity contribution in [2.75, 3.05) is 7.11 Å². The van der Waals surface area contributed by atoms with Crippen LogP contribution in [0.5, 0.6) is 11.5 Å². The lowest BCUT2D eigenvalue weighted by atomic mass is 10.1. The molecule has 8 heteroatoms. The maximum atomic E-state index is 12.7. The van der Waals surface area contributed by atoms with Gasteiger partial charge >= 0.3 is 5.97 Å². The Morgan fingerprint density at radius 1 is 0.771 bits per heavy atom. The molecule has 1 N–H and O–H groups in total. The van der Waals surface area contributed by atoms with E-state index in [1.807, 2.05) is 0 Å². The van der Waals surface area contributed by atoms with Crippen molar-refractivity contribution in [3.8, 4) is 22.6 Å². The highest BCUT2D eigenvalue weighted by Crippen LogP contribution is 2.25. The van der Waals surface area contributed by atoms with Gasteiger partial charge in [-0.25, -0.2) is 17.9 Å². The molecule has 0 aliphatic carbocycles. The molecule has 0 amide bonds. The number of esters is 1. The van der Waals surface area contributed by atoms with Crippen LogP contribution in [0.1, 0.15) is 15.9 Å².